The van der Waals surface area contributed by atoms with Crippen LogP contribution in [-0.4, -0.2) is 37.8 Å². The van der Waals surface area contributed by atoms with Gasteiger partial charge < -0.3 is 9.64 Å². The van der Waals surface area contributed by atoms with Crippen molar-refractivity contribution in [1.29, 1.82) is 0 Å². The molecule has 2 heterocycles. The van der Waals surface area contributed by atoms with Gasteiger partial charge in [0.15, 0.2) is 0 Å². The van der Waals surface area contributed by atoms with Gasteiger partial charge in [0.2, 0.25) is 0 Å². The summed E-state index contributed by atoms with van der Waals surface area (Å²) in [6.45, 7) is 3.34. The van der Waals surface area contributed by atoms with Crippen molar-refractivity contribution in [2.45, 2.75) is 31.3 Å². The molecule has 5 heteroatoms. The maximum Gasteiger partial charge on any atom is 0.417 e. The fraction of sp³-hybridized carbons (Fsp3) is 0.381. The van der Waals surface area contributed by atoms with Crippen LogP contribution in [-0.2, 0) is 5.41 Å². The number of ether oxygens (including phenoxy) is 1. The molecule has 1 fully saturated rings. The fourth-order valence-corrected chi connectivity index (χ4v) is 4.73. The molecule has 2 aliphatic rings. The van der Waals surface area contributed by atoms with E-state index < -0.39 is 6.09 Å². The van der Waals surface area contributed by atoms with E-state index in [0.717, 1.165) is 25.1 Å². The predicted octanol–water partition coefficient (Wildman–Crippen LogP) is 4.06. The molecule has 1 N–H and O–H groups in total. The van der Waals surface area contributed by atoms with E-state index in [0.29, 0.717) is 11.9 Å². The third kappa shape index (κ3) is 2.54. The number of para-hydroxylation sites is 1. The number of hydrogen-bond donors (Lipinski definition) is 1. The molecule has 0 unspecified atom stereocenters. The summed E-state index contributed by atoms with van der Waals surface area (Å²) in [4.78, 5) is 17.0. The van der Waals surface area contributed by atoms with Crippen molar-refractivity contribution < 1.29 is 9.53 Å². The van der Waals surface area contributed by atoms with Crippen LogP contribution in [0.2, 0.25) is 0 Å². The average molecular weight is 351 g/mol. The average Bonchev–Trinajstić information content (AvgIpc) is 3.10. The van der Waals surface area contributed by atoms with Crippen molar-refractivity contribution in [1.82, 2.24) is 4.90 Å². The van der Waals surface area contributed by atoms with Crippen molar-refractivity contribution in [3.05, 3.63) is 54.1 Å². The minimum atomic E-state index is -0.465. The summed E-state index contributed by atoms with van der Waals surface area (Å²) in [6.07, 6.45) is 2.10. The molecule has 1 saturated heterocycles. The number of likely N-dealkylation sites (N-methyl/N-ethyl adjacent to an activating group) is 2. The van der Waals surface area contributed by atoms with Crippen molar-refractivity contribution in [3.8, 4) is 5.75 Å². The maximum atomic E-state index is 12.2. The molecule has 0 saturated carbocycles. The Morgan fingerprint density at radius 2 is 2.00 bits per heavy atom. The Morgan fingerprint density at radius 3 is 2.73 bits per heavy atom. The number of fused-ring (bicyclic) bond motifs is 3. The molecule has 4 rings (SSSR count). The zero-order valence-electron chi connectivity index (χ0n) is 15.5. The summed E-state index contributed by atoms with van der Waals surface area (Å²) in [5.74, 6) is 0.591. The molecule has 5 nitrogen and oxygen atoms in total. The van der Waals surface area contributed by atoms with Crippen LogP contribution < -0.4 is 15.0 Å². The van der Waals surface area contributed by atoms with Crippen LogP contribution in [0, 0.1) is 0 Å². The van der Waals surface area contributed by atoms with Crippen LogP contribution in [0.4, 0.5) is 16.2 Å². The van der Waals surface area contributed by atoms with Gasteiger partial charge in [0.05, 0.1) is 6.17 Å². The van der Waals surface area contributed by atoms with Gasteiger partial charge in [0, 0.05) is 30.4 Å². The Kier molecular flexibility index (Phi) is 4.11. The van der Waals surface area contributed by atoms with Crippen molar-refractivity contribution in [3.63, 3.8) is 0 Å². The second-order valence-electron chi connectivity index (χ2n) is 7.28. The van der Waals surface area contributed by atoms with Gasteiger partial charge >= 0.3 is 6.09 Å². The Bertz CT molecular complexity index is 823. The fourth-order valence-electron chi connectivity index (χ4n) is 4.73. The number of amides is 1. The molecular weight excluding hydrogens is 326 g/mol. The van der Waals surface area contributed by atoms with Gasteiger partial charge in [-0.2, -0.15) is 0 Å². The third-order valence-electron chi connectivity index (χ3n) is 5.94. The molecule has 26 heavy (non-hydrogen) atoms. The van der Waals surface area contributed by atoms with E-state index >= 15 is 0 Å². The lowest BCUT2D eigenvalue weighted by Crippen LogP contribution is -2.46. The highest BCUT2D eigenvalue weighted by Gasteiger charge is 2.54. The first-order valence-electron chi connectivity index (χ1n) is 9.16. The van der Waals surface area contributed by atoms with Crippen LogP contribution >= 0.6 is 0 Å². The molecule has 0 aromatic heterocycles. The monoisotopic (exact) mass is 351 g/mol. The molecule has 0 aliphatic carbocycles. The Morgan fingerprint density at radius 1 is 1.23 bits per heavy atom. The molecule has 0 radical (unpaired) electrons. The Balaban J connectivity index is 1.59. The first kappa shape index (κ1) is 16.9. The second kappa shape index (κ2) is 6.32. The lowest BCUT2D eigenvalue weighted by atomic mass is 9.77. The quantitative estimate of drug-likeness (QED) is 0.906. The van der Waals surface area contributed by atoms with E-state index in [2.05, 4.69) is 48.3 Å². The first-order valence-corrected chi connectivity index (χ1v) is 9.16. The lowest BCUT2D eigenvalue weighted by molar-refractivity contribution is 0.215. The van der Waals surface area contributed by atoms with Gasteiger partial charge in [-0.05, 0) is 55.8 Å². The molecule has 2 aromatic carbocycles. The van der Waals surface area contributed by atoms with Gasteiger partial charge in [-0.15, -0.1) is 0 Å². The number of rotatable bonds is 3. The highest BCUT2D eigenvalue weighted by atomic mass is 16.6. The number of carbonyl (C=O) groups excluding carboxylic acids is 1. The van der Waals surface area contributed by atoms with Gasteiger partial charge in [0.1, 0.15) is 5.75 Å². The number of benzene rings is 2. The summed E-state index contributed by atoms with van der Waals surface area (Å²) in [5.41, 5.74) is 3.36. The van der Waals surface area contributed by atoms with Crippen LogP contribution in [0.3, 0.4) is 0 Å². The summed E-state index contributed by atoms with van der Waals surface area (Å²) in [6, 6.07) is 15.3. The van der Waals surface area contributed by atoms with Crippen LogP contribution in [0.5, 0.6) is 5.75 Å². The molecule has 2 atom stereocenters. The molecule has 1 amide bonds. The normalized spacial score (nSPS) is 24.3. The summed E-state index contributed by atoms with van der Waals surface area (Å²) >= 11 is 0. The maximum absolute atomic E-state index is 12.2. The zero-order chi connectivity index (χ0) is 18.3. The largest absolute Gasteiger partial charge is 0.417 e. The van der Waals surface area contributed by atoms with E-state index in [1.165, 1.54) is 11.3 Å². The Hall–Kier alpha value is -2.53. The van der Waals surface area contributed by atoms with Crippen molar-refractivity contribution in [2.24, 2.45) is 0 Å². The molecular formula is C21H25N3O2. The number of nitrogens with one attached hydrogen (secondary N) is 1. The van der Waals surface area contributed by atoms with E-state index in [1.807, 2.05) is 36.4 Å². The number of likely N-dealkylation sites (tertiary alicyclic amines) is 1. The van der Waals surface area contributed by atoms with Crippen molar-refractivity contribution in [2.75, 3.05) is 30.9 Å². The van der Waals surface area contributed by atoms with E-state index in [-0.39, 0.29) is 5.41 Å². The van der Waals surface area contributed by atoms with Crippen LogP contribution in [0.25, 0.3) is 0 Å². The first-order chi connectivity index (χ1) is 12.5. The molecule has 2 aliphatic heterocycles. The lowest BCUT2D eigenvalue weighted by Gasteiger charge is -2.34. The topological polar surface area (TPSA) is 44.8 Å². The third-order valence-corrected chi connectivity index (χ3v) is 5.94. The zero-order valence-corrected chi connectivity index (χ0v) is 15.5. The Labute approximate surface area is 154 Å². The standard InChI is InChI=1S/C21H25N3O2/c1-4-21-12-13-23(2)19(21)24(3)18-11-10-16(14-17(18)21)26-20(25)22-15-8-6-5-7-9-15/h5-11,14,19H,4,12-13H2,1-3H3,(H,22,25)/t19-,21-/m1/s1. The highest BCUT2D eigenvalue weighted by Crippen LogP contribution is 2.53. The molecule has 136 valence electrons. The minimum absolute atomic E-state index is 0.105. The minimum Gasteiger partial charge on any atom is -0.410 e. The van der Waals surface area contributed by atoms with Gasteiger partial charge in [-0.25, -0.2) is 4.79 Å². The van der Waals surface area contributed by atoms with Crippen LogP contribution in [0.15, 0.2) is 48.5 Å². The number of anilines is 2. The number of nitrogens with zero attached hydrogens (tertiary/aromatic N) is 2. The summed E-state index contributed by atoms with van der Waals surface area (Å²) < 4.78 is 5.56. The van der Waals surface area contributed by atoms with E-state index in [4.69, 9.17) is 4.74 Å². The van der Waals surface area contributed by atoms with Gasteiger partial charge in [-0.1, -0.05) is 25.1 Å². The van der Waals surface area contributed by atoms with Gasteiger partial charge in [-0.3, -0.25) is 10.2 Å². The number of hydrogen-bond acceptors (Lipinski definition) is 4. The molecule has 0 bridgehead atoms. The van der Waals surface area contributed by atoms with E-state index in [1.54, 1.807) is 0 Å². The number of carbonyl (C=O) groups is 1. The summed E-state index contributed by atoms with van der Waals surface area (Å²) in [7, 11) is 4.35. The smallest absolute Gasteiger partial charge is 0.410 e. The predicted molar refractivity (Wildman–Crippen MR) is 104 cm³/mol. The van der Waals surface area contributed by atoms with Crippen molar-refractivity contribution >= 4 is 17.5 Å². The molecule has 2 aromatic rings. The van der Waals surface area contributed by atoms with Crippen LogP contribution in [0.1, 0.15) is 25.3 Å². The van der Waals surface area contributed by atoms with E-state index in [9.17, 15) is 4.79 Å². The molecule has 0 spiro atoms. The van der Waals surface area contributed by atoms with Gasteiger partial charge in [0.25, 0.3) is 0 Å². The SMILES string of the molecule is CC[C@]12CCN(C)[C@@H]1N(C)c1ccc(OC(=O)Nc3ccccc3)cc12. The second-order valence-corrected chi connectivity index (χ2v) is 7.28. The highest BCUT2D eigenvalue weighted by molar-refractivity contribution is 5.86. The summed E-state index contributed by atoms with van der Waals surface area (Å²) in [5, 5.41) is 2.76.